The van der Waals surface area contributed by atoms with E-state index in [-0.39, 0.29) is 17.9 Å². The van der Waals surface area contributed by atoms with Gasteiger partial charge >= 0.3 is 0 Å². The zero-order valence-electron chi connectivity index (χ0n) is 13.7. The number of nitrogens with one attached hydrogen (secondary N) is 1. The fourth-order valence-corrected chi connectivity index (χ4v) is 2.73. The molecule has 6 nitrogen and oxygen atoms in total. The van der Waals surface area contributed by atoms with Crippen molar-refractivity contribution in [1.82, 2.24) is 10.2 Å². The second-order valence-corrected chi connectivity index (χ2v) is 5.94. The molecule has 1 saturated heterocycles. The maximum Gasteiger partial charge on any atom is 0.236 e. The summed E-state index contributed by atoms with van der Waals surface area (Å²) < 4.78 is 5.29. The minimum Gasteiger partial charge on any atom is -0.496 e. The predicted molar refractivity (Wildman–Crippen MR) is 88.1 cm³/mol. The Hall–Kier alpha value is -2.08. The number of carbonyl (C=O) groups is 2. The van der Waals surface area contributed by atoms with Gasteiger partial charge in [-0.3, -0.25) is 9.59 Å². The molecule has 1 aromatic carbocycles. The molecule has 1 heterocycles. The lowest BCUT2D eigenvalue weighted by Gasteiger charge is -2.33. The van der Waals surface area contributed by atoms with E-state index >= 15 is 0 Å². The Kier molecular flexibility index (Phi) is 5.98. The van der Waals surface area contributed by atoms with Gasteiger partial charge in [-0.2, -0.15) is 0 Å². The fraction of sp³-hybridized carbons (Fsp3) is 0.529. The molecule has 0 radical (unpaired) electrons. The molecule has 23 heavy (non-hydrogen) atoms. The summed E-state index contributed by atoms with van der Waals surface area (Å²) in [5, 5.41) is 2.92. The lowest BCUT2D eigenvalue weighted by atomic mass is 10.0. The molecule has 0 aromatic heterocycles. The highest BCUT2D eigenvalue weighted by atomic mass is 16.5. The molecule has 6 heteroatoms. The van der Waals surface area contributed by atoms with Crippen LogP contribution in [0.2, 0.25) is 0 Å². The molecule has 0 bridgehead atoms. The molecule has 1 aromatic rings. The van der Waals surface area contributed by atoms with Crippen molar-refractivity contribution in [1.29, 1.82) is 0 Å². The van der Waals surface area contributed by atoms with Gasteiger partial charge in [0, 0.05) is 24.7 Å². The highest BCUT2D eigenvalue weighted by Gasteiger charge is 2.24. The zero-order chi connectivity index (χ0) is 16.8. The number of nitrogens with zero attached hydrogens (tertiary/aromatic N) is 1. The number of rotatable bonds is 5. The summed E-state index contributed by atoms with van der Waals surface area (Å²) in [6.45, 7) is 2.97. The van der Waals surface area contributed by atoms with Crippen molar-refractivity contribution in [3.63, 3.8) is 0 Å². The maximum absolute atomic E-state index is 12.4. The summed E-state index contributed by atoms with van der Waals surface area (Å²) in [5.74, 6) is 0.690. The Labute approximate surface area is 137 Å². The Morgan fingerprint density at radius 1 is 1.35 bits per heavy atom. The number of amides is 2. The van der Waals surface area contributed by atoms with E-state index in [0.29, 0.717) is 19.5 Å². The Balaban J connectivity index is 1.85. The minimum absolute atomic E-state index is 0.0893. The van der Waals surface area contributed by atoms with Crippen LogP contribution in [0, 0.1) is 0 Å². The van der Waals surface area contributed by atoms with Crippen LogP contribution in [0.15, 0.2) is 24.3 Å². The molecule has 3 N–H and O–H groups in total. The second kappa shape index (κ2) is 7.97. The van der Waals surface area contributed by atoms with Crippen LogP contribution in [0.1, 0.15) is 25.3 Å². The van der Waals surface area contributed by atoms with Crippen molar-refractivity contribution in [2.75, 3.05) is 20.2 Å². The molecule has 1 fully saturated rings. The molecule has 0 unspecified atom stereocenters. The van der Waals surface area contributed by atoms with Gasteiger partial charge in [-0.15, -0.1) is 0 Å². The van der Waals surface area contributed by atoms with Crippen molar-refractivity contribution >= 4 is 11.8 Å². The van der Waals surface area contributed by atoms with E-state index in [1.807, 2.05) is 29.2 Å². The molecule has 0 saturated carbocycles. The fourth-order valence-electron chi connectivity index (χ4n) is 2.73. The molecular weight excluding hydrogens is 294 g/mol. The number of hydrogen-bond donors (Lipinski definition) is 2. The number of benzene rings is 1. The van der Waals surface area contributed by atoms with Gasteiger partial charge in [-0.05, 0) is 25.8 Å². The van der Waals surface area contributed by atoms with Gasteiger partial charge in [0.1, 0.15) is 5.75 Å². The zero-order valence-corrected chi connectivity index (χ0v) is 13.7. The van der Waals surface area contributed by atoms with E-state index in [2.05, 4.69) is 5.32 Å². The van der Waals surface area contributed by atoms with Crippen LogP contribution in [-0.4, -0.2) is 49.0 Å². The van der Waals surface area contributed by atoms with Crippen molar-refractivity contribution in [2.45, 2.75) is 38.3 Å². The molecule has 1 aliphatic heterocycles. The summed E-state index contributed by atoms with van der Waals surface area (Å²) in [7, 11) is 1.61. The first-order valence-electron chi connectivity index (χ1n) is 7.97. The predicted octanol–water partition coefficient (Wildman–Crippen LogP) is 0.692. The first-order valence-corrected chi connectivity index (χ1v) is 7.97. The molecule has 1 aliphatic rings. The minimum atomic E-state index is -0.500. The van der Waals surface area contributed by atoms with Gasteiger partial charge < -0.3 is 20.7 Å². The van der Waals surface area contributed by atoms with Crippen molar-refractivity contribution < 1.29 is 14.3 Å². The van der Waals surface area contributed by atoms with Crippen molar-refractivity contribution in [2.24, 2.45) is 5.73 Å². The van der Waals surface area contributed by atoms with E-state index in [9.17, 15) is 9.59 Å². The van der Waals surface area contributed by atoms with Gasteiger partial charge in [0.2, 0.25) is 11.8 Å². The number of carbonyl (C=O) groups excluding carboxylic acids is 2. The summed E-state index contributed by atoms with van der Waals surface area (Å²) in [6, 6.07) is 7.16. The molecule has 2 rings (SSSR count). The average molecular weight is 319 g/mol. The number of nitrogens with two attached hydrogens (primary N) is 1. The van der Waals surface area contributed by atoms with Gasteiger partial charge in [-0.25, -0.2) is 0 Å². The van der Waals surface area contributed by atoms with E-state index < -0.39 is 6.04 Å². The standard InChI is InChI=1S/C17H25N3O3/c1-12(18)17(22)19-14-7-9-20(10-8-14)16(21)11-13-5-3-4-6-15(13)23-2/h3-6,12,14H,7-11,18H2,1-2H3,(H,19,22)/t12-/m0/s1. The summed E-state index contributed by atoms with van der Waals surface area (Å²) in [4.78, 5) is 25.9. The van der Waals surface area contributed by atoms with Crippen LogP contribution in [0.5, 0.6) is 5.75 Å². The van der Waals surface area contributed by atoms with E-state index in [1.54, 1.807) is 14.0 Å². The van der Waals surface area contributed by atoms with Crippen LogP contribution in [0.4, 0.5) is 0 Å². The first kappa shape index (κ1) is 17.3. The monoisotopic (exact) mass is 319 g/mol. The number of methoxy groups -OCH3 is 1. The Morgan fingerprint density at radius 3 is 2.61 bits per heavy atom. The normalized spacial score (nSPS) is 16.7. The highest BCUT2D eigenvalue weighted by molar-refractivity contribution is 5.81. The molecule has 0 spiro atoms. The van der Waals surface area contributed by atoms with Gasteiger partial charge in [-0.1, -0.05) is 18.2 Å². The molecule has 126 valence electrons. The van der Waals surface area contributed by atoms with E-state index in [0.717, 1.165) is 24.2 Å². The van der Waals surface area contributed by atoms with Crippen molar-refractivity contribution in [3.8, 4) is 5.75 Å². The third-order valence-electron chi connectivity index (χ3n) is 4.14. The van der Waals surface area contributed by atoms with Crippen LogP contribution < -0.4 is 15.8 Å². The molecular formula is C17H25N3O3. The van der Waals surface area contributed by atoms with Crippen LogP contribution >= 0.6 is 0 Å². The topological polar surface area (TPSA) is 84.7 Å². The number of para-hydroxylation sites is 1. The van der Waals surface area contributed by atoms with E-state index in [4.69, 9.17) is 10.5 Å². The molecule has 0 aliphatic carbocycles. The maximum atomic E-state index is 12.4. The first-order chi connectivity index (χ1) is 11.0. The number of likely N-dealkylation sites (tertiary alicyclic amines) is 1. The van der Waals surface area contributed by atoms with E-state index in [1.165, 1.54) is 0 Å². The summed E-state index contributed by atoms with van der Waals surface area (Å²) >= 11 is 0. The molecule has 1 atom stereocenters. The number of piperidine rings is 1. The van der Waals surface area contributed by atoms with Gasteiger partial charge in [0.15, 0.2) is 0 Å². The Morgan fingerprint density at radius 2 is 2.00 bits per heavy atom. The smallest absolute Gasteiger partial charge is 0.236 e. The third kappa shape index (κ3) is 4.69. The largest absolute Gasteiger partial charge is 0.496 e. The number of hydrogen-bond acceptors (Lipinski definition) is 4. The third-order valence-corrected chi connectivity index (χ3v) is 4.14. The van der Waals surface area contributed by atoms with Gasteiger partial charge in [0.25, 0.3) is 0 Å². The Bertz CT molecular complexity index is 552. The lowest BCUT2D eigenvalue weighted by Crippen LogP contribution is -2.50. The average Bonchev–Trinajstić information content (AvgIpc) is 2.55. The van der Waals surface area contributed by atoms with Crippen LogP contribution in [0.25, 0.3) is 0 Å². The highest BCUT2D eigenvalue weighted by Crippen LogP contribution is 2.19. The second-order valence-electron chi connectivity index (χ2n) is 5.94. The quantitative estimate of drug-likeness (QED) is 0.836. The van der Waals surface area contributed by atoms with Gasteiger partial charge in [0.05, 0.1) is 19.6 Å². The van der Waals surface area contributed by atoms with Crippen LogP contribution in [0.3, 0.4) is 0 Å². The molecule has 2 amide bonds. The summed E-state index contributed by atoms with van der Waals surface area (Å²) in [5.41, 5.74) is 6.45. The summed E-state index contributed by atoms with van der Waals surface area (Å²) in [6.07, 6.45) is 1.85. The SMILES string of the molecule is COc1ccccc1CC(=O)N1CCC(NC(=O)[C@H](C)N)CC1. The van der Waals surface area contributed by atoms with Crippen molar-refractivity contribution in [3.05, 3.63) is 29.8 Å². The number of ether oxygens (including phenoxy) is 1. The lowest BCUT2D eigenvalue weighted by molar-refractivity contribution is -0.131. The van der Waals surface area contributed by atoms with Crippen LogP contribution in [-0.2, 0) is 16.0 Å².